The average Bonchev–Trinajstić information content (AvgIpc) is 3.30. The van der Waals surface area contributed by atoms with Gasteiger partial charge < -0.3 is 0 Å². The Labute approximate surface area is 236 Å². The quantitative estimate of drug-likeness (QED) is 0.389. The number of rotatable bonds is 4. The summed E-state index contributed by atoms with van der Waals surface area (Å²) in [5.41, 5.74) is 0.215. The Hall–Kier alpha value is -1.98. The molecule has 11 aliphatic carbocycles. The molecule has 6 heteroatoms. The van der Waals surface area contributed by atoms with Gasteiger partial charge >= 0.3 is 0 Å². The van der Waals surface area contributed by atoms with Crippen LogP contribution in [0.3, 0.4) is 0 Å². The molecule has 4 amide bonds. The molecule has 0 spiro atoms. The van der Waals surface area contributed by atoms with E-state index in [-0.39, 0.29) is 46.3 Å². The standard InChI is InChI=1S/C34H42N2O4/c37-29-25-23-1-2-24(27(25)31(39)35(29)15-33-9-17-3-18(10-33)5-19(4-17)11-33)28-26(23)30(38)36(32(28)40)16-34-12-20-6-21(13-34)8-22(7-20)14-34/h1-2,17-28H,3-16H2/t17?,18?,19?,20?,21?,22?,23?,24?,25-,26-,27-,28+,33?,34?/m0/s1. The Bertz CT molecular complexity index is 1070. The number of hydrogen-bond acceptors (Lipinski definition) is 4. The molecule has 0 aromatic heterocycles. The van der Waals surface area contributed by atoms with Crippen LogP contribution in [-0.4, -0.2) is 46.5 Å². The fourth-order valence-corrected chi connectivity index (χ4v) is 14.3. The second-order valence-electron chi connectivity index (χ2n) is 17.0. The molecule has 13 rings (SSSR count). The Morgan fingerprint density at radius 2 is 0.725 bits per heavy atom. The molecule has 212 valence electrons. The third-order valence-electron chi connectivity index (χ3n) is 14.5. The topological polar surface area (TPSA) is 74.8 Å². The maximum absolute atomic E-state index is 14.1. The lowest BCUT2D eigenvalue weighted by Gasteiger charge is -2.57. The zero-order valence-corrected chi connectivity index (χ0v) is 23.5. The van der Waals surface area contributed by atoms with Crippen molar-refractivity contribution in [3.05, 3.63) is 12.2 Å². The molecule has 2 unspecified atom stereocenters. The van der Waals surface area contributed by atoms with E-state index in [1.54, 1.807) is 9.80 Å². The van der Waals surface area contributed by atoms with Crippen LogP contribution in [0.1, 0.15) is 77.0 Å². The zero-order chi connectivity index (χ0) is 26.7. The number of likely N-dealkylation sites (tertiary alicyclic amines) is 2. The van der Waals surface area contributed by atoms with Crippen molar-refractivity contribution in [2.75, 3.05) is 13.1 Å². The van der Waals surface area contributed by atoms with Gasteiger partial charge in [-0.1, -0.05) is 12.2 Å². The summed E-state index contributed by atoms with van der Waals surface area (Å²) < 4.78 is 0. The highest BCUT2D eigenvalue weighted by atomic mass is 16.2. The molecule has 6 nitrogen and oxygen atoms in total. The van der Waals surface area contributed by atoms with Crippen LogP contribution in [0.25, 0.3) is 0 Å². The van der Waals surface area contributed by atoms with Gasteiger partial charge in [-0.15, -0.1) is 0 Å². The number of carbonyl (C=O) groups is 4. The third kappa shape index (κ3) is 2.92. The van der Waals surface area contributed by atoms with E-state index in [2.05, 4.69) is 0 Å². The molecule has 6 atom stereocenters. The first kappa shape index (κ1) is 23.6. The summed E-state index contributed by atoms with van der Waals surface area (Å²) in [6.45, 7) is 1.16. The van der Waals surface area contributed by atoms with Crippen LogP contribution in [0.15, 0.2) is 12.2 Å². The molecular weight excluding hydrogens is 500 g/mol. The minimum absolute atomic E-state index is 0.0386. The van der Waals surface area contributed by atoms with E-state index < -0.39 is 23.7 Å². The number of nitrogens with zero attached hydrogens (tertiary/aromatic N) is 2. The van der Waals surface area contributed by atoms with Crippen molar-refractivity contribution in [2.24, 2.45) is 81.8 Å². The number of carbonyl (C=O) groups excluding carboxylic acids is 4. The Morgan fingerprint density at radius 1 is 0.475 bits per heavy atom. The van der Waals surface area contributed by atoms with Crippen molar-refractivity contribution in [3.63, 3.8) is 0 Å². The van der Waals surface area contributed by atoms with Crippen molar-refractivity contribution in [1.82, 2.24) is 9.80 Å². The Balaban J connectivity index is 0.929. The minimum Gasteiger partial charge on any atom is -0.282 e. The molecule has 10 bridgehead atoms. The van der Waals surface area contributed by atoms with E-state index in [1.807, 2.05) is 12.2 Å². The van der Waals surface area contributed by atoms with Gasteiger partial charge in [0.1, 0.15) is 0 Å². The molecule has 2 heterocycles. The molecule has 0 aromatic rings. The molecular formula is C34H42N2O4. The number of allylic oxidation sites excluding steroid dienone is 2. The van der Waals surface area contributed by atoms with Gasteiger partial charge in [0.15, 0.2) is 0 Å². The first-order valence-corrected chi connectivity index (χ1v) is 16.7. The summed E-state index contributed by atoms with van der Waals surface area (Å²) >= 11 is 0. The van der Waals surface area contributed by atoms with Crippen LogP contribution in [0.4, 0.5) is 0 Å². The maximum Gasteiger partial charge on any atom is 0.233 e. The fourth-order valence-electron chi connectivity index (χ4n) is 14.3. The summed E-state index contributed by atoms with van der Waals surface area (Å²) in [7, 11) is 0. The lowest BCUT2D eigenvalue weighted by atomic mass is 9.49. The van der Waals surface area contributed by atoms with E-state index in [1.165, 1.54) is 77.0 Å². The highest BCUT2D eigenvalue weighted by molar-refractivity contribution is 6.11. The number of hydrogen-bond donors (Lipinski definition) is 0. The van der Waals surface area contributed by atoms with Gasteiger partial charge in [-0.05, 0) is 123 Å². The van der Waals surface area contributed by atoms with Crippen molar-refractivity contribution >= 4 is 23.6 Å². The molecule has 13 aliphatic rings. The summed E-state index contributed by atoms with van der Waals surface area (Å²) in [6, 6.07) is 0. The second kappa shape index (κ2) is 7.50. The molecule has 2 saturated heterocycles. The molecule has 40 heavy (non-hydrogen) atoms. The lowest BCUT2D eigenvalue weighted by molar-refractivity contribution is -0.146. The maximum atomic E-state index is 14.1. The van der Waals surface area contributed by atoms with Crippen LogP contribution in [0.2, 0.25) is 0 Å². The minimum atomic E-state index is -0.450. The molecule has 2 aliphatic heterocycles. The van der Waals surface area contributed by atoms with Gasteiger partial charge in [-0.2, -0.15) is 0 Å². The average molecular weight is 543 g/mol. The van der Waals surface area contributed by atoms with Crippen molar-refractivity contribution in [3.8, 4) is 0 Å². The third-order valence-corrected chi connectivity index (χ3v) is 14.5. The largest absolute Gasteiger partial charge is 0.282 e. The summed E-state index contributed by atoms with van der Waals surface area (Å²) in [6.07, 6.45) is 19.1. The van der Waals surface area contributed by atoms with Crippen LogP contribution in [0.5, 0.6) is 0 Å². The van der Waals surface area contributed by atoms with Crippen molar-refractivity contribution in [1.29, 1.82) is 0 Å². The normalized spacial score (nSPS) is 56.2. The Morgan fingerprint density at radius 3 is 0.975 bits per heavy atom. The van der Waals surface area contributed by atoms with E-state index in [0.29, 0.717) is 13.1 Å². The van der Waals surface area contributed by atoms with E-state index in [9.17, 15) is 19.2 Å². The molecule has 0 aromatic carbocycles. The van der Waals surface area contributed by atoms with E-state index in [4.69, 9.17) is 0 Å². The van der Waals surface area contributed by atoms with Crippen molar-refractivity contribution < 1.29 is 19.2 Å². The van der Waals surface area contributed by atoms with Crippen LogP contribution in [-0.2, 0) is 19.2 Å². The van der Waals surface area contributed by atoms with Gasteiger partial charge in [-0.25, -0.2) is 0 Å². The smallest absolute Gasteiger partial charge is 0.233 e. The van der Waals surface area contributed by atoms with Gasteiger partial charge in [0, 0.05) is 24.9 Å². The van der Waals surface area contributed by atoms with Gasteiger partial charge in [0.2, 0.25) is 23.6 Å². The number of imide groups is 2. The predicted molar refractivity (Wildman–Crippen MR) is 145 cm³/mol. The molecule has 11 fully saturated rings. The highest BCUT2D eigenvalue weighted by Crippen LogP contribution is 2.64. The monoisotopic (exact) mass is 542 g/mol. The Kier molecular flexibility index (Phi) is 4.42. The van der Waals surface area contributed by atoms with Crippen LogP contribution >= 0.6 is 0 Å². The first-order valence-electron chi connectivity index (χ1n) is 16.7. The number of amides is 4. The SMILES string of the molecule is O=C1[C@@H]2C3C=CC([C@@H]2C(=O)N1CC12CC4CC(CC(C4)C1)C2)[C@@H]1C(=O)N(CC24CC5CC(CC(C5)C2)C4)C(=O)[C@@H]31. The van der Waals surface area contributed by atoms with Crippen LogP contribution in [0, 0.1) is 81.8 Å². The first-order chi connectivity index (χ1) is 19.3. The predicted octanol–water partition coefficient (Wildman–Crippen LogP) is 4.44. The molecule has 0 radical (unpaired) electrons. The van der Waals surface area contributed by atoms with Crippen LogP contribution < -0.4 is 0 Å². The van der Waals surface area contributed by atoms with Gasteiger partial charge in [-0.3, -0.25) is 29.0 Å². The second-order valence-corrected chi connectivity index (χ2v) is 17.0. The summed E-state index contributed by atoms with van der Waals surface area (Å²) in [5.74, 6) is 2.06. The van der Waals surface area contributed by atoms with E-state index >= 15 is 0 Å². The van der Waals surface area contributed by atoms with Gasteiger partial charge in [0.05, 0.1) is 23.7 Å². The van der Waals surface area contributed by atoms with Gasteiger partial charge in [0.25, 0.3) is 0 Å². The summed E-state index contributed by atoms with van der Waals surface area (Å²) in [4.78, 5) is 59.6. The van der Waals surface area contributed by atoms with E-state index in [0.717, 1.165) is 35.5 Å². The molecule has 0 N–H and O–H groups in total. The van der Waals surface area contributed by atoms with Crippen molar-refractivity contribution in [2.45, 2.75) is 77.0 Å². The highest BCUT2D eigenvalue weighted by Gasteiger charge is 2.69. The molecule has 9 saturated carbocycles. The fraction of sp³-hybridized carbons (Fsp3) is 0.824. The zero-order valence-electron chi connectivity index (χ0n) is 23.5. The lowest BCUT2D eigenvalue weighted by Crippen LogP contribution is -2.52. The summed E-state index contributed by atoms with van der Waals surface area (Å²) in [5, 5.41) is 0.